The van der Waals surface area contributed by atoms with E-state index in [2.05, 4.69) is 0 Å². The van der Waals surface area contributed by atoms with E-state index < -0.39 is 29.7 Å². The van der Waals surface area contributed by atoms with E-state index in [-0.39, 0.29) is 17.7 Å². The van der Waals surface area contributed by atoms with Gasteiger partial charge in [-0.15, -0.1) is 0 Å². The number of aliphatic hydroxyl groups is 2. The normalized spacial score (nSPS) is 35.2. The quantitative estimate of drug-likeness (QED) is 0.650. The molecule has 3 N–H and O–H groups in total. The van der Waals surface area contributed by atoms with E-state index >= 15 is 0 Å². The number of rotatable bonds is 1. The molecule has 1 aliphatic heterocycles. The second kappa shape index (κ2) is 4.10. The maximum absolute atomic E-state index is 12.1. The molecule has 4 unspecified atom stereocenters. The van der Waals surface area contributed by atoms with Crippen molar-refractivity contribution >= 4 is 5.97 Å². The van der Waals surface area contributed by atoms with Crippen LogP contribution in [0.1, 0.15) is 35.2 Å². The monoisotopic (exact) mass is 280 g/mol. The molecular weight excluding hydrogens is 264 g/mol. The zero-order valence-electron chi connectivity index (χ0n) is 11.2. The topological polar surface area (TPSA) is 96.2 Å². The maximum Gasteiger partial charge on any atom is 0.342 e. The van der Waals surface area contributed by atoms with E-state index in [1.165, 1.54) is 13.2 Å². The van der Waals surface area contributed by atoms with Crippen LogP contribution in [0.3, 0.4) is 0 Å². The molecule has 0 bridgehead atoms. The number of ether oxygens (including phenoxy) is 2. The molecule has 108 valence electrons. The molecule has 0 amide bonds. The number of methoxy groups -OCH3 is 1. The Morgan fingerprint density at radius 2 is 2.10 bits per heavy atom. The maximum atomic E-state index is 12.1. The molecule has 1 aliphatic carbocycles. The first-order chi connectivity index (χ1) is 9.37. The molecule has 1 fully saturated rings. The van der Waals surface area contributed by atoms with Crippen molar-refractivity contribution in [2.45, 2.75) is 37.1 Å². The SMILES string of the molecule is COc1cc(O)c2c(c1)C1C(O)C(O)CC1(C)OC2=O. The fraction of sp³-hybridized carbons (Fsp3) is 0.500. The number of hydrogen-bond donors (Lipinski definition) is 3. The van der Waals surface area contributed by atoms with Crippen LogP contribution in [0, 0.1) is 0 Å². The Morgan fingerprint density at radius 3 is 2.75 bits per heavy atom. The van der Waals surface area contributed by atoms with Gasteiger partial charge < -0.3 is 24.8 Å². The summed E-state index contributed by atoms with van der Waals surface area (Å²) in [5.41, 5.74) is -0.507. The Balaban J connectivity index is 2.23. The van der Waals surface area contributed by atoms with Crippen molar-refractivity contribution in [2.24, 2.45) is 0 Å². The number of esters is 1. The first-order valence-electron chi connectivity index (χ1n) is 6.38. The lowest BCUT2D eigenvalue weighted by atomic mass is 9.80. The highest BCUT2D eigenvalue weighted by Crippen LogP contribution is 2.52. The summed E-state index contributed by atoms with van der Waals surface area (Å²) in [5, 5.41) is 30.0. The summed E-state index contributed by atoms with van der Waals surface area (Å²) in [6.45, 7) is 1.68. The summed E-state index contributed by atoms with van der Waals surface area (Å²) in [4.78, 5) is 12.1. The highest BCUT2D eigenvalue weighted by Gasteiger charge is 2.57. The van der Waals surface area contributed by atoms with Crippen LogP contribution in [0.5, 0.6) is 11.5 Å². The summed E-state index contributed by atoms with van der Waals surface area (Å²) < 4.78 is 10.4. The fourth-order valence-corrected chi connectivity index (χ4v) is 3.33. The smallest absolute Gasteiger partial charge is 0.342 e. The molecule has 1 saturated carbocycles. The summed E-state index contributed by atoms with van der Waals surface area (Å²) in [6, 6.07) is 2.92. The Kier molecular flexibility index (Phi) is 2.71. The number of carbonyl (C=O) groups excluding carboxylic acids is 1. The van der Waals surface area contributed by atoms with Gasteiger partial charge in [0.2, 0.25) is 0 Å². The second-order valence-corrected chi connectivity index (χ2v) is 5.55. The van der Waals surface area contributed by atoms with E-state index in [4.69, 9.17) is 9.47 Å². The zero-order chi connectivity index (χ0) is 14.7. The third-order valence-electron chi connectivity index (χ3n) is 4.23. The van der Waals surface area contributed by atoms with Crippen molar-refractivity contribution in [1.82, 2.24) is 0 Å². The highest BCUT2D eigenvalue weighted by atomic mass is 16.6. The summed E-state index contributed by atoms with van der Waals surface area (Å²) in [5.74, 6) is -1.11. The van der Waals surface area contributed by atoms with Crippen LogP contribution in [-0.4, -0.2) is 46.2 Å². The van der Waals surface area contributed by atoms with Gasteiger partial charge in [-0.1, -0.05) is 0 Å². The van der Waals surface area contributed by atoms with E-state index in [0.29, 0.717) is 11.3 Å². The van der Waals surface area contributed by atoms with Gasteiger partial charge in [-0.3, -0.25) is 0 Å². The summed E-state index contributed by atoms with van der Waals surface area (Å²) >= 11 is 0. The standard InChI is InChI=1S/C14H16O6/c1-14-5-9(16)12(17)11(14)7-3-6(19-2)4-8(15)10(7)13(18)20-14/h3-4,9,11-12,15-17H,5H2,1-2H3. The van der Waals surface area contributed by atoms with Crippen LogP contribution in [0.15, 0.2) is 12.1 Å². The average Bonchev–Trinajstić information content (AvgIpc) is 2.58. The van der Waals surface area contributed by atoms with Gasteiger partial charge in [0.05, 0.1) is 25.2 Å². The van der Waals surface area contributed by atoms with Crippen molar-refractivity contribution in [1.29, 1.82) is 0 Å². The van der Waals surface area contributed by atoms with E-state index in [9.17, 15) is 20.1 Å². The molecule has 1 aromatic rings. The molecule has 4 atom stereocenters. The minimum atomic E-state index is -1.06. The number of phenolic OH excluding ortho intramolecular Hbond substituents is 1. The van der Waals surface area contributed by atoms with Crippen LogP contribution < -0.4 is 4.74 Å². The van der Waals surface area contributed by atoms with Gasteiger partial charge in [0.25, 0.3) is 0 Å². The largest absolute Gasteiger partial charge is 0.507 e. The van der Waals surface area contributed by atoms with Crippen molar-refractivity contribution in [3.63, 3.8) is 0 Å². The van der Waals surface area contributed by atoms with Crippen LogP contribution >= 0.6 is 0 Å². The predicted molar refractivity (Wildman–Crippen MR) is 67.9 cm³/mol. The lowest BCUT2D eigenvalue weighted by Gasteiger charge is -2.37. The fourth-order valence-electron chi connectivity index (χ4n) is 3.33. The Hall–Kier alpha value is -1.79. The third kappa shape index (κ3) is 1.61. The Labute approximate surface area is 115 Å². The van der Waals surface area contributed by atoms with Gasteiger partial charge >= 0.3 is 5.97 Å². The van der Waals surface area contributed by atoms with Gasteiger partial charge in [-0.05, 0) is 18.6 Å². The first-order valence-corrected chi connectivity index (χ1v) is 6.38. The average molecular weight is 280 g/mol. The van der Waals surface area contributed by atoms with Crippen LogP contribution in [0.25, 0.3) is 0 Å². The molecule has 0 spiro atoms. The molecule has 3 rings (SSSR count). The zero-order valence-corrected chi connectivity index (χ0v) is 11.2. The van der Waals surface area contributed by atoms with E-state index in [1.54, 1.807) is 13.0 Å². The number of aromatic hydroxyl groups is 1. The van der Waals surface area contributed by atoms with E-state index in [0.717, 1.165) is 0 Å². The third-order valence-corrected chi connectivity index (χ3v) is 4.23. The van der Waals surface area contributed by atoms with Gasteiger partial charge in [-0.2, -0.15) is 0 Å². The number of aliphatic hydroxyl groups excluding tert-OH is 2. The molecule has 1 aromatic carbocycles. The highest BCUT2D eigenvalue weighted by molar-refractivity contribution is 5.96. The number of fused-ring (bicyclic) bond motifs is 3. The molecular formula is C14H16O6. The molecule has 6 heteroatoms. The van der Waals surface area contributed by atoms with Gasteiger partial charge in [-0.25, -0.2) is 4.79 Å². The molecule has 2 aliphatic rings. The number of phenols is 1. The van der Waals surface area contributed by atoms with Gasteiger partial charge in [0.1, 0.15) is 22.7 Å². The number of hydrogen-bond acceptors (Lipinski definition) is 6. The molecule has 6 nitrogen and oxygen atoms in total. The van der Waals surface area contributed by atoms with Crippen molar-refractivity contribution < 1.29 is 29.6 Å². The summed E-state index contributed by atoms with van der Waals surface area (Å²) in [7, 11) is 1.45. The minimum absolute atomic E-state index is 0.0291. The predicted octanol–water partition coefficient (Wildman–Crippen LogP) is 0.539. The van der Waals surface area contributed by atoms with Crippen LogP contribution in [-0.2, 0) is 4.74 Å². The van der Waals surface area contributed by atoms with Crippen LogP contribution in [0.2, 0.25) is 0 Å². The van der Waals surface area contributed by atoms with E-state index in [1.807, 2.05) is 0 Å². The van der Waals surface area contributed by atoms with Crippen molar-refractivity contribution in [3.05, 3.63) is 23.3 Å². The molecule has 20 heavy (non-hydrogen) atoms. The minimum Gasteiger partial charge on any atom is -0.507 e. The van der Waals surface area contributed by atoms with Crippen molar-refractivity contribution in [3.8, 4) is 11.5 Å². The number of benzene rings is 1. The van der Waals surface area contributed by atoms with Crippen LogP contribution in [0.4, 0.5) is 0 Å². The molecule has 0 radical (unpaired) electrons. The lowest BCUT2D eigenvalue weighted by molar-refractivity contribution is -0.0309. The Bertz CT molecular complexity index is 583. The molecule has 0 aromatic heterocycles. The van der Waals surface area contributed by atoms with Gasteiger partial charge in [0, 0.05) is 12.5 Å². The van der Waals surface area contributed by atoms with Crippen molar-refractivity contribution in [2.75, 3.05) is 7.11 Å². The molecule has 1 heterocycles. The number of carbonyl (C=O) groups is 1. The molecule has 0 saturated heterocycles. The second-order valence-electron chi connectivity index (χ2n) is 5.55. The summed E-state index contributed by atoms with van der Waals surface area (Å²) in [6.07, 6.45) is -1.88. The Morgan fingerprint density at radius 1 is 1.40 bits per heavy atom. The van der Waals surface area contributed by atoms with Gasteiger partial charge in [0.15, 0.2) is 0 Å². The first kappa shape index (κ1) is 13.2. The lowest BCUT2D eigenvalue weighted by Crippen LogP contribution is -2.42.